The first-order chi connectivity index (χ1) is 7.25. The molecule has 0 rings (SSSR count). The van der Waals surface area contributed by atoms with Gasteiger partial charge in [0.25, 0.3) is 0 Å². The van der Waals surface area contributed by atoms with Gasteiger partial charge in [-0.1, -0.05) is 6.58 Å². The first kappa shape index (κ1) is 14.6. The molecule has 0 aliphatic rings. The van der Waals surface area contributed by atoms with Crippen molar-refractivity contribution in [1.82, 2.24) is 0 Å². The number of aliphatic hydroxyl groups excluding tert-OH is 1. The quantitative estimate of drug-likeness (QED) is 0.559. The van der Waals surface area contributed by atoms with Crippen LogP contribution in [0.15, 0.2) is 12.2 Å². The van der Waals surface area contributed by atoms with Gasteiger partial charge in [-0.3, -0.25) is 0 Å². The highest BCUT2D eigenvalue weighted by atomic mass is 16.6. The van der Waals surface area contributed by atoms with Crippen LogP contribution in [-0.2, 0) is 19.1 Å². The second-order valence-electron chi connectivity index (χ2n) is 3.87. The van der Waals surface area contributed by atoms with E-state index in [9.17, 15) is 14.7 Å². The predicted octanol–water partition coefficient (Wildman–Crippen LogP) is 0.807. The zero-order chi connectivity index (χ0) is 12.9. The number of rotatable bonds is 5. The molecule has 0 aliphatic carbocycles. The number of ether oxygens (including phenoxy) is 2. The van der Waals surface area contributed by atoms with Gasteiger partial charge >= 0.3 is 11.9 Å². The molecule has 0 aromatic heterocycles. The molecule has 0 aliphatic heterocycles. The first-order valence-corrected chi connectivity index (χ1v) is 5.04. The summed E-state index contributed by atoms with van der Waals surface area (Å²) >= 11 is 0. The minimum atomic E-state index is -1.67. The average Bonchev–Trinajstić information content (AvgIpc) is 2.13. The smallest absolute Gasteiger partial charge is 0.340 e. The number of aliphatic hydroxyl groups is 1. The molecule has 0 radical (unpaired) electrons. The molecule has 92 valence electrons. The Balaban J connectivity index is 4.38. The molecule has 0 amide bonds. The summed E-state index contributed by atoms with van der Waals surface area (Å²) in [5.74, 6) is -1.70. The Kier molecular flexibility index (Phi) is 5.74. The maximum atomic E-state index is 11.3. The highest BCUT2D eigenvalue weighted by Crippen LogP contribution is 2.07. The van der Waals surface area contributed by atoms with Crippen LogP contribution in [0.5, 0.6) is 0 Å². The average molecular weight is 230 g/mol. The van der Waals surface area contributed by atoms with Gasteiger partial charge in [-0.15, -0.1) is 0 Å². The van der Waals surface area contributed by atoms with E-state index < -0.39 is 18.0 Å². The highest BCUT2D eigenvalue weighted by molar-refractivity contribution is 5.96. The molecule has 1 N–H and O–H groups in total. The second-order valence-corrected chi connectivity index (χ2v) is 3.87. The molecule has 0 spiro atoms. The van der Waals surface area contributed by atoms with Crippen molar-refractivity contribution in [1.29, 1.82) is 0 Å². The minimum absolute atomic E-state index is 0.320. The highest BCUT2D eigenvalue weighted by Gasteiger charge is 2.27. The zero-order valence-electron chi connectivity index (χ0n) is 10.0. The Hall–Kier alpha value is -1.36. The molecule has 1 atom stereocenters. The fourth-order valence-electron chi connectivity index (χ4n) is 0.840. The summed E-state index contributed by atoms with van der Waals surface area (Å²) in [6.07, 6.45) is -2.37. The standard InChI is InChI=1S/C11H18O5/c1-6(2)15-10(13)8(5)9(12)11(14)16-7(3)4/h6-7,9,12H,5H2,1-4H3. The molecule has 1 unspecified atom stereocenters. The summed E-state index contributed by atoms with van der Waals surface area (Å²) in [7, 11) is 0. The molecule has 5 heteroatoms. The van der Waals surface area contributed by atoms with Crippen molar-refractivity contribution in [2.24, 2.45) is 0 Å². The van der Waals surface area contributed by atoms with Gasteiger partial charge in [0.15, 0.2) is 6.10 Å². The van der Waals surface area contributed by atoms with Crippen molar-refractivity contribution < 1.29 is 24.2 Å². The number of hydrogen-bond donors (Lipinski definition) is 1. The van der Waals surface area contributed by atoms with E-state index in [2.05, 4.69) is 6.58 Å². The normalized spacial score (nSPS) is 12.4. The molecule has 0 heterocycles. The van der Waals surface area contributed by atoms with Crippen LogP contribution in [0.4, 0.5) is 0 Å². The van der Waals surface area contributed by atoms with Gasteiger partial charge in [-0.05, 0) is 27.7 Å². The fourth-order valence-corrected chi connectivity index (χ4v) is 0.840. The molecule has 16 heavy (non-hydrogen) atoms. The topological polar surface area (TPSA) is 72.8 Å². The Morgan fingerprint density at radius 2 is 1.50 bits per heavy atom. The van der Waals surface area contributed by atoms with Gasteiger partial charge in [0.2, 0.25) is 0 Å². The van der Waals surface area contributed by atoms with Crippen molar-refractivity contribution in [3.05, 3.63) is 12.2 Å². The summed E-state index contributed by atoms with van der Waals surface area (Å²) in [5.41, 5.74) is -0.320. The second kappa shape index (κ2) is 6.27. The van der Waals surface area contributed by atoms with Crippen molar-refractivity contribution in [3.8, 4) is 0 Å². The number of carbonyl (C=O) groups is 2. The van der Waals surface area contributed by atoms with Crippen molar-refractivity contribution in [2.45, 2.75) is 46.0 Å². The lowest BCUT2D eigenvalue weighted by Crippen LogP contribution is -2.31. The van der Waals surface area contributed by atoms with Crippen LogP contribution in [0.1, 0.15) is 27.7 Å². The van der Waals surface area contributed by atoms with Gasteiger partial charge in [-0.25, -0.2) is 9.59 Å². The van der Waals surface area contributed by atoms with Gasteiger partial charge < -0.3 is 14.6 Å². The van der Waals surface area contributed by atoms with Crippen molar-refractivity contribution in [3.63, 3.8) is 0 Å². The van der Waals surface area contributed by atoms with E-state index in [0.29, 0.717) is 0 Å². The SMILES string of the molecule is C=C(C(=O)OC(C)C)C(O)C(=O)OC(C)C. The molecule has 5 nitrogen and oxygen atoms in total. The van der Waals surface area contributed by atoms with Gasteiger partial charge in [0, 0.05) is 0 Å². The van der Waals surface area contributed by atoms with E-state index in [4.69, 9.17) is 9.47 Å². The van der Waals surface area contributed by atoms with Crippen LogP contribution >= 0.6 is 0 Å². The summed E-state index contributed by atoms with van der Waals surface area (Å²) in [5, 5.41) is 9.44. The van der Waals surface area contributed by atoms with Crippen LogP contribution in [0, 0.1) is 0 Å². The third-order valence-corrected chi connectivity index (χ3v) is 1.51. The molecule has 0 aromatic rings. The summed E-state index contributed by atoms with van der Waals surface area (Å²) < 4.78 is 9.51. The molecular weight excluding hydrogens is 212 g/mol. The number of hydrogen-bond acceptors (Lipinski definition) is 5. The maximum absolute atomic E-state index is 11.3. The summed E-state index contributed by atoms with van der Waals surface area (Å²) in [4.78, 5) is 22.5. The predicted molar refractivity (Wildman–Crippen MR) is 57.6 cm³/mol. The Morgan fingerprint density at radius 3 is 1.88 bits per heavy atom. The summed E-state index contributed by atoms with van der Waals surface area (Å²) in [6, 6.07) is 0. The molecule has 0 fully saturated rings. The zero-order valence-corrected chi connectivity index (χ0v) is 10.0. The van der Waals surface area contributed by atoms with Crippen LogP contribution in [0.3, 0.4) is 0 Å². The van der Waals surface area contributed by atoms with E-state index in [1.54, 1.807) is 27.7 Å². The van der Waals surface area contributed by atoms with E-state index in [0.717, 1.165) is 0 Å². The van der Waals surface area contributed by atoms with Crippen LogP contribution in [0.25, 0.3) is 0 Å². The Labute approximate surface area is 95.0 Å². The maximum Gasteiger partial charge on any atom is 0.340 e. The van der Waals surface area contributed by atoms with Crippen LogP contribution in [0.2, 0.25) is 0 Å². The molecule has 0 saturated heterocycles. The molecule has 0 saturated carbocycles. The van der Waals surface area contributed by atoms with Crippen molar-refractivity contribution in [2.75, 3.05) is 0 Å². The van der Waals surface area contributed by atoms with E-state index in [1.807, 2.05) is 0 Å². The molecule has 0 aromatic carbocycles. The van der Waals surface area contributed by atoms with Crippen LogP contribution in [-0.4, -0.2) is 35.4 Å². The molecular formula is C11H18O5. The Bertz CT molecular complexity index is 280. The number of carbonyl (C=O) groups excluding carboxylic acids is 2. The van der Waals surface area contributed by atoms with Gasteiger partial charge in [0.05, 0.1) is 17.8 Å². The third kappa shape index (κ3) is 4.93. The van der Waals surface area contributed by atoms with E-state index in [-0.39, 0.29) is 17.8 Å². The third-order valence-electron chi connectivity index (χ3n) is 1.51. The first-order valence-electron chi connectivity index (χ1n) is 5.04. The monoisotopic (exact) mass is 230 g/mol. The van der Waals surface area contributed by atoms with E-state index in [1.165, 1.54) is 0 Å². The number of esters is 2. The van der Waals surface area contributed by atoms with Crippen molar-refractivity contribution >= 4 is 11.9 Å². The van der Waals surface area contributed by atoms with Gasteiger partial charge in [-0.2, -0.15) is 0 Å². The fraction of sp³-hybridized carbons (Fsp3) is 0.636. The van der Waals surface area contributed by atoms with Crippen LogP contribution < -0.4 is 0 Å². The lowest BCUT2D eigenvalue weighted by molar-refractivity contribution is -0.158. The largest absolute Gasteiger partial charge is 0.461 e. The van der Waals surface area contributed by atoms with Gasteiger partial charge in [0.1, 0.15) is 0 Å². The van der Waals surface area contributed by atoms with E-state index >= 15 is 0 Å². The lowest BCUT2D eigenvalue weighted by atomic mass is 10.1. The lowest BCUT2D eigenvalue weighted by Gasteiger charge is -2.15. The molecule has 0 bridgehead atoms. The Morgan fingerprint density at radius 1 is 1.06 bits per heavy atom. The summed E-state index contributed by atoms with van der Waals surface area (Å²) in [6.45, 7) is 9.90. The minimum Gasteiger partial charge on any atom is -0.461 e.